The van der Waals surface area contributed by atoms with Gasteiger partial charge in [-0.15, -0.1) is 23.1 Å². The summed E-state index contributed by atoms with van der Waals surface area (Å²) in [5, 5.41) is 0.791. The maximum atomic E-state index is 13.5. The van der Waals surface area contributed by atoms with E-state index in [2.05, 4.69) is 23.6 Å². The van der Waals surface area contributed by atoms with Crippen molar-refractivity contribution in [3.05, 3.63) is 78.3 Å². The van der Waals surface area contributed by atoms with Crippen LogP contribution in [0.4, 0.5) is 0 Å². The second kappa shape index (κ2) is 8.15. The van der Waals surface area contributed by atoms with Crippen molar-refractivity contribution in [1.29, 1.82) is 0 Å². The minimum absolute atomic E-state index is 0.107. The van der Waals surface area contributed by atoms with Crippen molar-refractivity contribution in [3.8, 4) is 5.69 Å². The summed E-state index contributed by atoms with van der Waals surface area (Å²) >= 11 is 9.89. The first-order valence-electron chi connectivity index (χ1n) is 10.5. The molecule has 1 atom stereocenters. The van der Waals surface area contributed by atoms with Crippen molar-refractivity contribution in [1.82, 2.24) is 9.47 Å². The van der Waals surface area contributed by atoms with Crippen LogP contribution in [0.2, 0.25) is 5.02 Å². The molecule has 0 unspecified atom stereocenters. The average molecular weight is 471 g/mol. The molecule has 0 aliphatic carbocycles. The number of amides is 1. The molecular weight excluding hydrogens is 448 g/mol. The zero-order chi connectivity index (χ0) is 21.7. The number of rotatable bonds is 2. The molecule has 0 radical (unpaired) electrons. The van der Waals surface area contributed by atoms with Crippen LogP contribution in [0.5, 0.6) is 0 Å². The van der Waals surface area contributed by atoms with Gasteiger partial charge in [0.15, 0.2) is 5.43 Å². The van der Waals surface area contributed by atoms with Gasteiger partial charge in [-0.25, -0.2) is 0 Å². The molecule has 31 heavy (non-hydrogen) atoms. The van der Waals surface area contributed by atoms with E-state index in [1.54, 1.807) is 29.2 Å². The van der Waals surface area contributed by atoms with Gasteiger partial charge in [0.1, 0.15) is 5.56 Å². The van der Waals surface area contributed by atoms with Crippen molar-refractivity contribution in [3.63, 3.8) is 0 Å². The molecule has 0 bridgehead atoms. The summed E-state index contributed by atoms with van der Waals surface area (Å²) in [4.78, 5) is 32.0. The van der Waals surface area contributed by atoms with Gasteiger partial charge in [-0.05, 0) is 57.0 Å². The third-order valence-corrected chi connectivity index (χ3v) is 8.78. The SMILES string of the molecule is Cc1ccc([C@H]2Cc3c(C(=O)N4CCCC4)c(=O)cc(C)n3-c3ccc(Cl)cc3S2)s1. The van der Waals surface area contributed by atoms with Gasteiger partial charge in [-0.2, -0.15) is 0 Å². The summed E-state index contributed by atoms with van der Waals surface area (Å²) in [5.41, 5.74) is 2.78. The lowest BCUT2D eigenvalue weighted by Crippen LogP contribution is -2.34. The molecule has 2 aliphatic heterocycles. The standard InChI is InChI=1S/C24H23ClN2O2S2/c1-14-11-19(28)23(24(29)26-9-3-4-10-26)18-13-22(20-8-5-15(2)30-20)31-21-12-16(25)6-7-17(21)27(14)18/h5-8,11-12,22H,3-4,9-10,13H2,1-2H3/t22-/m1/s1. The fourth-order valence-corrected chi connectivity index (χ4v) is 7.15. The highest BCUT2D eigenvalue weighted by Crippen LogP contribution is 2.46. The quantitative estimate of drug-likeness (QED) is 0.475. The molecular formula is C24H23ClN2O2S2. The summed E-state index contributed by atoms with van der Waals surface area (Å²) in [6, 6.07) is 11.8. The second-order valence-electron chi connectivity index (χ2n) is 8.18. The molecule has 5 rings (SSSR count). The third-order valence-electron chi connectivity index (χ3n) is 5.99. The Labute approximate surface area is 194 Å². The predicted octanol–water partition coefficient (Wildman–Crippen LogP) is 5.79. The van der Waals surface area contributed by atoms with E-state index in [1.165, 1.54) is 9.75 Å². The van der Waals surface area contributed by atoms with Gasteiger partial charge in [0.05, 0.1) is 5.69 Å². The van der Waals surface area contributed by atoms with E-state index in [1.807, 2.05) is 30.0 Å². The maximum Gasteiger partial charge on any atom is 0.259 e. The summed E-state index contributed by atoms with van der Waals surface area (Å²) in [5.74, 6) is -0.130. The molecule has 2 aromatic heterocycles. The summed E-state index contributed by atoms with van der Waals surface area (Å²) < 4.78 is 2.10. The second-order valence-corrected chi connectivity index (χ2v) is 11.2. The fraction of sp³-hybridized carbons (Fsp3) is 0.333. The largest absolute Gasteiger partial charge is 0.338 e. The van der Waals surface area contributed by atoms with Gasteiger partial charge in [0.25, 0.3) is 5.91 Å². The number of aryl methyl sites for hydroxylation is 2. The number of likely N-dealkylation sites (tertiary alicyclic amines) is 1. The molecule has 1 fully saturated rings. The molecule has 0 N–H and O–H groups in total. The summed E-state index contributed by atoms with van der Waals surface area (Å²) in [6.07, 6.45) is 2.60. The number of carbonyl (C=O) groups excluding carboxylic acids is 1. The number of halogens is 1. The number of fused-ring (bicyclic) bond motifs is 3. The van der Waals surface area contributed by atoms with Crippen LogP contribution in [0, 0.1) is 13.8 Å². The number of pyridine rings is 1. The van der Waals surface area contributed by atoms with Crippen LogP contribution in [0.3, 0.4) is 0 Å². The van der Waals surface area contributed by atoms with E-state index >= 15 is 0 Å². The molecule has 0 saturated carbocycles. The Hall–Kier alpha value is -2.02. The first kappa shape index (κ1) is 20.9. The fourth-order valence-electron chi connectivity index (χ4n) is 4.55. The predicted molar refractivity (Wildman–Crippen MR) is 128 cm³/mol. The van der Waals surface area contributed by atoms with E-state index < -0.39 is 0 Å². The molecule has 0 spiro atoms. The summed E-state index contributed by atoms with van der Waals surface area (Å²) in [7, 11) is 0. The first-order chi connectivity index (χ1) is 14.9. The molecule has 1 saturated heterocycles. The first-order valence-corrected chi connectivity index (χ1v) is 12.6. The van der Waals surface area contributed by atoms with Gasteiger partial charge in [0.2, 0.25) is 0 Å². The van der Waals surface area contributed by atoms with Crippen LogP contribution in [0.25, 0.3) is 5.69 Å². The van der Waals surface area contributed by atoms with Crippen LogP contribution in [0.15, 0.2) is 46.1 Å². The molecule has 160 valence electrons. The van der Waals surface area contributed by atoms with Crippen LogP contribution < -0.4 is 5.43 Å². The van der Waals surface area contributed by atoms with E-state index in [9.17, 15) is 9.59 Å². The Balaban J connectivity index is 1.76. The zero-order valence-corrected chi connectivity index (χ0v) is 19.9. The molecule has 1 aromatic carbocycles. The minimum Gasteiger partial charge on any atom is -0.338 e. The van der Waals surface area contributed by atoms with Crippen LogP contribution in [-0.2, 0) is 6.42 Å². The molecule has 4 heterocycles. The Kier molecular flexibility index (Phi) is 5.49. The molecule has 3 aromatic rings. The lowest BCUT2D eigenvalue weighted by molar-refractivity contribution is 0.0789. The van der Waals surface area contributed by atoms with Gasteiger partial charge < -0.3 is 9.47 Å². The van der Waals surface area contributed by atoms with Gasteiger partial charge in [-0.1, -0.05) is 11.6 Å². The highest BCUT2D eigenvalue weighted by atomic mass is 35.5. The number of hydrogen-bond donors (Lipinski definition) is 0. The number of aromatic nitrogens is 1. The van der Waals surface area contributed by atoms with Crippen LogP contribution in [0.1, 0.15) is 49.6 Å². The number of thioether (sulfide) groups is 1. The minimum atomic E-state index is -0.177. The highest BCUT2D eigenvalue weighted by Gasteiger charge is 2.32. The van der Waals surface area contributed by atoms with Gasteiger partial charge in [0, 0.05) is 61.9 Å². The van der Waals surface area contributed by atoms with E-state index in [0.717, 1.165) is 47.9 Å². The number of nitrogens with zero attached hydrogens (tertiary/aromatic N) is 2. The number of carbonyl (C=O) groups is 1. The Morgan fingerprint density at radius 2 is 1.87 bits per heavy atom. The average Bonchev–Trinajstić information content (AvgIpc) is 3.37. The van der Waals surface area contributed by atoms with E-state index in [-0.39, 0.29) is 16.6 Å². The Bertz CT molecular complexity index is 1240. The lowest BCUT2D eigenvalue weighted by atomic mass is 10.0. The van der Waals surface area contributed by atoms with Crippen LogP contribution in [-0.4, -0.2) is 28.5 Å². The number of thiophene rings is 1. The molecule has 1 amide bonds. The molecule has 2 aliphatic rings. The third kappa shape index (κ3) is 3.75. The normalized spacial score (nSPS) is 17.9. The van der Waals surface area contributed by atoms with Crippen molar-refractivity contribution in [2.75, 3.05) is 13.1 Å². The number of hydrogen-bond acceptors (Lipinski definition) is 4. The van der Waals surface area contributed by atoms with Crippen molar-refractivity contribution < 1.29 is 4.79 Å². The topological polar surface area (TPSA) is 42.3 Å². The van der Waals surface area contributed by atoms with Crippen molar-refractivity contribution in [2.24, 2.45) is 0 Å². The lowest BCUT2D eigenvalue weighted by Gasteiger charge is -2.22. The van der Waals surface area contributed by atoms with Crippen molar-refractivity contribution in [2.45, 2.75) is 43.3 Å². The molecule has 4 nitrogen and oxygen atoms in total. The van der Waals surface area contributed by atoms with Gasteiger partial charge >= 0.3 is 0 Å². The molecule has 7 heteroatoms. The summed E-state index contributed by atoms with van der Waals surface area (Å²) in [6.45, 7) is 5.49. The zero-order valence-electron chi connectivity index (χ0n) is 17.5. The van der Waals surface area contributed by atoms with Crippen LogP contribution >= 0.6 is 34.7 Å². The highest BCUT2D eigenvalue weighted by molar-refractivity contribution is 7.99. The van der Waals surface area contributed by atoms with Crippen molar-refractivity contribution >= 4 is 40.6 Å². The van der Waals surface area contributed by atoms with E-state index in [4.69, 9.17) is 11.6 Å². The maximum absolute atomic E-state index is 13.5. The Morgan fingerprint density at radius 3 is 2.58 bits per heavy atom. The number of benzene rings is 1. The van der Waals surface area contributed by atoms with Gasteiger partial charge in [-0.3, -0.25) is 9.59 Å². The monoisotopic (exact) mass is 470 g/mol. The van der Waals surface area contributed by atoms with E-state index in [0.29, 0.717) is 17.0 Å². The Morgan fingerprint density at radius 1 is 1.10 bits per heavy atom. The smallest absolute Gasteiger partial charge is 0.259 e.